The second-order valence-corrected chi connectivity index (χ2v) is 14.0. The van der Waals surface area contributed by atoms with E-state index in [-0.39, 0.29) is 49.6 Å². The topological polar surface area (TPSA) is 147 Å². The Morgan fingerprint density at radius 3 is 2.41 bits per heavy atom. The third-order valence-corrected chi connectivity index (χ3v) is 8.51. The third kappa shape index (κ3) is 8.81. The first-order valence-electron chi connectivity index (χ1n) is 16.4. The molecule has 0 saturated carbocycles. The van der Waals surface area contributed by atoms with Crippen LogP contribution in [0.4, 0.5) is 9.18 Å². The van der Waals surface area contributed by atoms with Gasteiger partial charge in [0.15, 0.2) is 0 Å². The first kappa shape index (κ1) is 37.0. The standard InChI is InChI=1S/C36H46FN5O7/c1-8-48-30(44)25-14-16-26(37)24(20-25)15-17-27(38-31(45)35(5,6)39-33(47)49-34(2,3)4)29(43)42-19-18-28-36(22-42,32(46)41(7)40-28)21-23-12-10-9-11-13-23/h9-14,16,20,27H,8,15,17-19,21-22H2,1-7H3,(H,38,45)(H,39,47). The van der Waals surface area contributed by atoms with Crippen LogP contribution in [0, 0.1) is 11.2 Å². The summed E-state index contributed by atoms with van der Waals surface area (Å²) in [5.41, 5.74) is -1.49. The molecule has 2 aliphatic heterocycles. The predicted molar refractivity (Wildman–Crippen MR) is 180 cm³/mol. The van der Waals surface area contributed by atoms with Crippen molar-refractivity contribution in [2.75, 3.05) is 26.7 Å². The summed E-state index contributed by atoms with van der Waals surface area (Å²) in [5, 5.41) is 11.2. The Hall–Kier alpha value is -4.81. The first-order chi connectivity index (χ1) is 23.0. The summed E-state index contributed by atoms with van der Waals surface area (Å²) in [6.45, 7) is 10.1. The second kappa shape index (κ2) is 14.8. The van der Waals surface area contributed by atoms with Crippen LogP contribution in [0.3, 0.4) is 0 Å². The molecule has 2 aromatic carbocycles. The number of nitrogens with zero attached hydrogens (tertiary/aromatic N) is 3. The number of likely N-dealkylation sites (tertiary alicyclic amines) is 1. The van der Waals surface area contributed by atoms with Crippen molar-refractivity contribution in [2.45, 2.75) is 84.4 Å². The van der Waals surface area contributed by atoms with Crippen LogP contribution in [0.1, 0.15) is 75.9 Å². The molecule has 0 aliphatic carbocycles. The lowest BCUT2D eigenvalue weighted by atomic mass is 9.73. The van der Waals surface area contributed by atoms with Crippen LogP contribution in [-0.4, -0.2) is 89.3 Å². The molecule has 0 radical (unpaired) electrons. The van der Waals surface area contributed by atoms with E-state index in [0.29, 0.717) is 18.6 Å². The maximum absolute atomic E-state index is 15.0. The molecule has 2 atom stereocenters. The molecule has 2 aromatic rings. The van der Waals surface area contributed by atoms with E-state index in [2.05, 4.69) is 15.7 Å². The van der Waals surface area contributed by atoms with Gasteiger partial charge in [0.1, 0.15) is 28.4 Å². The SMILES string of the molecule is CCOC(=O)c1ccc(F)c(CCC(NC(=O)C(C)(C)NC(=O)OC(C)(C)C)C(=O)N2CCC3=NN(C)C(=O)C3(Cc3ccccc3)C2)c1. The largest absolute Gasteiger partial charge is 0.462 e. The Labute approximate surface area is 286 Å². The Kier molecular flexibility index (Phi) is 11.1. The van der Waals surface area contributed by atoms with Gasteiger partial charge in [-0.25, -0.2) is 19.0 Å². The van der Waals surface area contributed by atoms with Crippen LogP contribution < -0.4 is 10.6 Å². The van der Waals surface area contributed by atoms with E-state index in [1.54, 1.807) is 39.6 Å². The second-order valence-electron chi connectivity index (χ2n) is 14.0. The molecule has 12 nitrogen and oxygen atoms in total. The number of rotatable bonds is 11. The lowest BCUT2D eigenvalue weighted by molar-refractivity contribution is -0.142. The van der Waals surface area contributed by atoms with Crippen LogP contribution in [0.15, 0.2) is 53.6 Å². The highest BCUT2D eigenvalue weighted by molar-refractivity contribution is 6.13. The van der Waals surface area contributed by atoms with Gasteiger partial charge in [0.25, 0.3) is 5.91 Å². The monoisotopic (exact) mass is 679 g/mol. The number of halogens is 1. The highest BCUT2D eigenvalue weighted by atomic mass is 19.1. The molecule has 0 spiro atoms. The number of ether oxygens (including phenoxy) is 2. The Bertz CT molecular complexity index is 1620. The fraction of sp³-hybridized carbons (Fsp3) is 0.500. The number of amides is 4. The first-order valence-corrected chi connectivity index (χ1v) is 16.4. The number of piperidine rings is 1. The van der Waals surface area contributed by atoms with E-state index in [4.69, 9.17) is 9.47 Å². The van der Waals surface area contributed by atoms with Gasteiger partial charge >= 0.3 is 12.1 Å². The maximum atomic E-state index is 15.0. The number of hydrogen-bond acceptors (Lipinski definition) is 8. The van der Waals surface area contributed by atoms with Crippen LogP contribution in [0.25, 0.3) is 0 Å². The van der Waals surface area contributed by atoms with Crippen molar-refractivity contribution in [3.05, 3.63) is 71.0 Å². The molecular formula is C36H46FN5O7. The number of alkyl carbamates (subject to hydrolysis) is 1. The zero-order valence-electron chi connectivity index (χ0n) is 29.2. The summed E-state index contributed by atoms with van der Waals surface area (Å²) < 4.78 is 25.4. The number of carbonyl (C=O) groups is 5. The molecule has 2 aliphatic rings. The van der Waals surface area contributed by atoms with Crippen molar-refractivity contribution in [2.24, 2.45) is 10.5 Å². The van der Waals surface area contributed by atoms with Crippen molar-refractivity contribution in [1.29, 1.82) is 0 Å². The lowest BCUT2D eigenvalue weighted by Crippen LogP contribution is -2.62. The van der Waals surface area contributed by atoms with Gasteiger partial charge in [-0.1, -0.05) is 30.3 Å². The Morgan fingerprint density at radius 1 is 1.06 bits per heavy atom. The van der Waals surface area contributed by atoms with E-state index in [1.807, 2.05) is 30.3 Å². The number of aryl methyl sites for hydroxylation is 1. The molecule has 13 heteroatoms. The molecule has 264 valence electrons. The minimum atomic E-state index is -1.50. The quantitative estimate of drug-likeness (QED) is 0.341. The number of hydrazone groups is 1. The minimum absolute atomic E-state index is 0.0208. The summed E-state index contributed by atoms with van der Waals surface area (Å²) in [4.78, 5) is 68.2. The zero-order chi connectivity index (χ0) is 36.1. The highest BCUT2D eigenvalue weighted by Crippen LogP contribution is 2.38. The number of hydrogen-bond donors (Lipinski definition) is 2. The highest BCUT2D eigenvalue weighted by Gasteiger charge is 2.54. The number of nitrogens with one attached hydrogen (secondary N) is 2. The molecule has 1 saturated heterocycles. The van der Waals surface area contributed by atoms with Gasteiger partial charge in [-0.05, 0) is 90.1 Å². The summed E-state index contributed by atoms with van der Waals surface area (Å²) in [7, 11) is 1.59. The fourth-order valence-electron chi connectivity index (χ4n) is 6.05. The van der Waals surface area contributed by atoms with Crippen molar-refractivity contribution in [3.63, 3.8) is 0 Å². The van der Waals surface area contributed by atoms with Crippen molar-refractivity contribution < 1.29 is 37.8 Å². The van der Waals surface area contributed by atoms with Gasteiger partial charge in [-0.3, -0.25) is 14.4 Å². The van der Waals surface area contributed by atoms with Gasteiger partial charge < -0.3 is 25.0 Å². The summed E-state index contributed by atoms with van der Waals surface area (Å²) in [6.07, 6.45) is -0.213. The number of benzene rings is 2. The molecular weight excluding hydrogens is 633 g/mol. The van der Waals surface area contributed by atoms with Gasteiger partial charge in [0.05, 0.1) is 17.9 Å². The smallest absolute Gasteiger partial charge is 0.408 e. The molecule has 49 heavy (non-hydrogen) atoms. The average molecular weight is 680 g/mol. The summed E-state index contributed by atoms with van der Waals surface area (Å²) in [6, 6.07) is 12.1. The van der Waals surface area contributed by atoms with Gasteiger partial charge in [0, 0.05) is 26.6 Å². The van der Waals surface area contributed by atoms with Crippen LogP contribution in [0.5, 0.6) is 0 Å². The van der Waals surface area contributed by atoms with E-state index < -0.39 is 52.3 Å². The van der Waals surface area contributed by atoms with E-state index in [0.717, 1.165) is 11.6 Å². The van der Waals surface area contributed by atoms with Crippen molar-refractivity contribution in [3.8, 4) is 0 Å². The van der Waals surface area contributed by atoms with Gasteiger partial charge in [-0.2, -0.15) is 5.10 Å². The molecule has 0 aromatic heterocycles. The summed E-state index contributed by atoms with van der Waals surface area (Å²) in [5.74, 6) is -2.58. The molecule has 4 amide bonds. The predicted octanol–water partition coefficient (Wildman–Crippen LogP) is 4.01. The van der Waals surface area contributed by atoms with Crippen LogP contribution in [-0.2, 0) is 36.7 Å². The minimum Gasteiger partial charge on any atom is -0.462 e. The van der Waals surface area contributed by atoms with E-state index in [1.165, 1.54) is 31.0 Å². The zero-order valence-corrected chi connectivity index (χ0v) is 29.2. The van der Waals surface area contributed by atoms with Crippen molar-refractivity contribution >= 4 is 35.5 Å². The fourth-order valence-corrected chi connectivity index (χ4v) is 6.05. The lowest BCUT2D eigenvalue weighted by Gasteiger charge is -2.41. The maximum Gasteiger partial charge on any atom is 0.408 e. The summed E-state index contributed by atoms with van der Waals surface area (Å²) >= 11 is 0. The number of esters is 1. The third-order valence-electron chi connectivity index (χ3n) is 8.51. The van der Waals surface area contributed by atoms with Gasteiger partial charge in [0.2, 0.25) is 11.8 Å². The average Bonchev–Trinajstić information content (AvgIpc) is 3.26. The molecule has 4 rings (SSSR count). The molecule has 2 heterocycles. The van der Waals surface area contributed by atoms with Gasteiger partial charge in [-0.15, -0.1) is 0 Å². The number of fused-ring (bicyclic) bond motifs is 1. The van der Waals surface area contributed by atoms with Crippen LogP contribution >= 0.6 is 0 Å². The Morgan fingerprint density at radius 2 is 1.76 bits per heavy atom. The molecule has 0 bridgehead atoms. The van der Waals surface area contributed by atoms with E-state index in [9.17, 15) is 28.4 Å². The normalized spacial score (nSPS) is 18.3. The molecule has 2 N–H and O–H groups in total. The van der Waals surface area contributed by atoms with Crippen molar-refractivity contribution in [1.82, 2.24) is 20.5 Å². The number of carbonyl (C=O) groups excluding carboxylic acids is 5. The Balaban J connectivity index is 1.62. The molecule has 2 unspecified atom stereocenters. The van der Waals surface area contributed by atoms with Crippen LogP contribution in [0.2, 0.25) is 0 Å². The molecule has 1 fully saturated rings. The van der Waals surface area contributed by atoms with E-state index >= 15 is 0 Å².